The van der Waals surface area contributed by atoms with Crippen LogP contribution in [0.2, 0.25) is 0 Å². The Hall–Kier alpha value is -3.41. The molecule has 0 unspecified atom stereocenters. The summed E-state index contributed by atoms with van der Waals surface area (Å²) in [7, 11) is 1.74. The van der Waals surface area contributed by atoms with Crippen molar-refractivity contribution < 1.29 is 19.5 Å². The fraction of sp³-hybridized carbons (Fsp3) is 0.105. The van der Waals surface area contributed by atoms with Crippen LogP contribution >= 0.6 is 0 Å². The fourth-order valence-corrected chi connectivity index (χ4v) is 2.69. The molecule has 0 radical (unpaired) electrons. The van der Waals surface area contributed by atoms with Crippen LogP contribution in [0.25, 0.3) is 6.08 Å². The number of aromatic carboxylic acids is 1. The maximum atomic E-state index is 12.0. The summed E-state index contributed by atoms with van der Waals surface area (Å²) < 4.78 is 0. The van der Waals surface area contributed by atoms with Gasteiger partial charge in [-0.3, -0.25) is 9.59 Å². The minimum atomic E-state index is -1.11. The fourth-order valence-electron chi connectivity index (χ4n) is 2.69. The van der Waals surface area contributed by atoms with Crippen molar-refractivity contribution in [2.45, 2.75) is 6.54 Å². The number of benzene rings is 2. The van der Waals surface area contributed by atoms with Crippen LogP contribution in [0.5, 0.6) is 0 Å². The first-order valence-electron chi connectivity index (χ1n) is 7.65. The summed E-state index contributed by atoms with van der Waals surface area (Å²) in [6.45, 7) is 0.588. The van der Waals surface area contributed by atoms with Gasteiger partial charge in [0.15, 0.2) is 0 Å². The molecule has 0 bridgehead atoms. The molecule has 2 aromatic carbocycles. The summed E-state index contributed by atoms with van der Waals surface area (Å²) >= 11 is 0. The zero-order chi connectivity index (χ0) is 18.0. The molecule has 0 saturated carbocycles. The van der Waals surface area contributed by atoms with Crippen LogP contribution in [0.1, 0.15) is 31.8 Å². The maximum absolute atomic E-state index is 12.0. The Balaban J connectivity index is 1.74. The molecule has 6 nitrogen and oxygen atoms in total. The van der Waals surface area contributed by atoms with Crippen molar-refractivity contribution in [3.05, 3.63) is 70.8 Å². The predicted molar refractivity (Wildman–Crippen MR) is 93.3 cm³/mol. The van der Waals surface area contributed by atoms with Crippen molar-refractivity contribution in [1.82, 2.24) is 4.90 Å². The van der Waals surface area contributed by atoms with Crippen molar-refractivity contribution in [3.8, 4) is 0 Å². The van der Waals surface area contributed by atoms with E-state index in [-0.39, 0.29) is 17.2 Å². The number of nitrogens with zero attached hydrogens (tertiary/aromatic N) is 1. The van der Waals surface area contributed by atoms with Crippen molar-refractivity contribution in [1.29, 1.82) is 0 Å². The van der Waals surface area contributed by atoms with Crippen LogP contribution in [0, 0.1) is 0 Å². The molecule has 1 aliphatic heterocycles. The van der Waals surface area contributed by atoms with E-state index in [1.807, 2.05) is 12.1 Å². The molecule has 6 heteroatoms. The van der Waals surface area contributed by atoms with Gasteiger partial charge in [0.2, 0.25) is 5.91 Å². The molecule has 3 rings (SSSR count). The Labute approximate surface area is 144 Å². The van der Waals surface area contributed by atoms with E-state index in [9.17, 15) is 14.4 Å². The molecule has 0 saturated heterocycles. The molecule has 0 spiro atoms. The lowest BCUT2D eigenvalue weighted by atomic mass is 10.1. The molecular weight excluding hydrogens is 320 g/mol. The van der Waals surface area contributed by atoms with E-state index >= 15 is 0 Å². The third-order valence-electron chi connectivity index (χ3n) is 3.96. The monoisotopic (exact) mass is 336 g/mol. The number of amides is 2. The Morgan fingerprint density at radius 1 is 1.20 bits per heavy atom. The van der Waals surface area contributed by atoms with Gasteiger partial charge < -0.3 is 15.3 Å². The predicted octanol–water partition coefficient (Wildman–Crippen LogP) is 2.62. The topological polar surface area (TPSA) is 86.7 Å². The molecule has 126 valence electrons. The molecule has 2 aromatic rings. The highest BCUT2D eigenvalue weighted by atomic mass is 16.4. The van der Waals surface area contributed by atoms with Crippen LogP contribution in [0.15, 0.2) is 48.5 Å². The first-order valence-corrected chi connectivity index (χ1v) is 7.65. The van der Waals surface area contributed by atoms with E-state index in [2.05, 4.69) is 5.32 Å². The summed E-state index contributed by atoms with van der Waals surface area (Å²) in [5.74, 6) is -1.59. The van der Waals surface area contributed by atoms with Crippen molar-refractivity contribution in [3.63, 3.8) is 0 Å². The molecule has 1 aliphatic rings. The number of rotatable bonds is 4. The van der Waals surface area contributed by atoms with Gasteiger partial charge in [0.05, 0.1) is 11.3 Å². The Bertz CT molecular complexity index is 902. The lowest BCUT2D eigenvalue weighted by Crippen LogP contribution is -2.17. The van der Waals surface area contributed by atoms with Gasteiger partial charge in [-0.1, -0.05) is 24.3 Å². The average Bonchev–Trinajstić information content (AvgIpc) is 2.87. The van der Waals surface area contributed by atoms with E-state index in [0.29, 0.717) is 12.1 Å². The number of carbonyl (C=O) groups excluding carboxylic acids is 2. The van der Waals surface area contributed by atoms with Gasteiger partial charge in [-0.15, -0.1) is 0 Å². The third-order valence-corrected chi connectivity index (χ3v) is 3.96. The van der Waals surface area contributed by atoms with Crippen LogP contribution in [-0.2, 0) is 11.3 Å². The van der Waals surface area contributed by atoms with Crippen LogP contribution in [-0.4, -0.2) is 34.8 Å². The molecule has 1 heterocycles. The van der Waals surface area contributed by atoms with Crippen LogP contribution in [0.3, 0.4) is 0 Å². The zero-order valence-corrected chi connectivity index (χ0v) is 13.5. The lowest BCUT2D eigenvalue weighted by molar-refractivity contribution is -0.111. The zero-order valence-electron chi connectivity index (χ0n) is 13.5. The summed E-state index contributed by atoms with van der Waals surface area (Å²) in [6.07, 6.45) is 2.90. The van der Waals surface area contributed by atoms with E-state index in [4.69, 9.17) is 5.11 Å². The number of hydrogen-bond donors (Lipinski definition) is 2. The summed E-state index contributed by atoms with van der Waals surface area (Å²) in [5.41, 5.74) is 2.58. The van der Waals surface area contributed by atoms with E-state index in [0.717, 1.165) is 11.1 Å². The second-order valence-electron chi connectivity index (χ2n) is 5.75. The number of nitrogens with one attached hydrogen (secondary N) is 1. The van der Waals surface area contributed by atoms with Gasteiger partial charge in [-0.25, -0.2) is 4.79 Å². The number of hydrogen-bond acceptors (Lipinski definition) is 3. The minimum Gasteiger partial charge on any atom is -0.478 e. The maximum Gasteiger partial charge on any atom is 0.337 e. The highest BCUT2D eigenvalue weighted by Crippen LogP contribution is 2.23. The van der Waals surface area contributed by atoms with Gasteiger partial charge in [0.1, 0.15) is 0 Å². The van der Waals surface area contributed by atoms with Crippen LogP contribution in [0.4, 0.5) is 5.69 Å². The lowest BCUT2D eigenvalue weighted by Gasteiger charge is -2.06. The van der Waals surface area contributed by atoms with Crippen LogP contribution < -0.4 is 5.32 Å². The first kappa shape index (κ1) is 16.4. The summed E-state index contributed by atoms with van der Waals surface area (Å²) in [6, 6.07) is 11.6. The largest absolute Gasteiger partial charge is 0.478 e. The van der Waals surface area contributed by atoms with Gasteiger partial charge in [-0.05, 0) is 35.4 Å². The molecule has 0 aromatic heterocycles. The first-order chi connectivity index (χ1) is 12.0. The number of carboxylic acid groups (broad SMARTS) is 1. The van der Waals surface area contributed by atoms with Crippen molar-refractivity contribution >= 4 is 29.5 Å². The molecule has 2 N–H and O–H groups in total. The summed E-state index contributed by atoms with van der Waals surface area (Å²) in [4.78, 5) is 36.8. The number of anilines is 1. The Morgan fingerprint density at radius 3 is 2.72 bits per heavy atom. The van der Waals surface area contributed by atoms with Gasteiger partial charge in [-0.2, -0.15) is 0 Å². The average molecular weight is 336 g/mol. The molecule has 0 atom stereocenters. The highest BCUT2D eigenvalue weighted by molar-refractivity contribution is 6.06. The Morgan fingerprint density at radius 2 is 1.96 bits per heavy atom. The molecule has 2 amide bonds. The van der Waals surface area contributed by atoms with Gasteiger partial charge in [0.25, 0.3) is 5.91 Å². The second kappa shape index (κ2) is 6.60. The van der Waals surface area contributed by atoms with Crippen molar-refractivity contribution in [2.75, 3.05) is 12.4 Å². The third kappa shape index (κ3) is 3.42. The molecule has 25 heavy (non-hydrogen) atoms. The molecular formula is C19H16N2O4. The SMILES string of the molecule is CN1Cc2ccc(C=CC(=O)Nc3ccccc3C(=O)O)cc2C1=O. The van der Waals surface area contributed by atoms with Gasteiger partial charge in [0, 0.05) is 25.2 Å². The van der Waals surface area contributed by atoms with E-state index in [1.165, 1.54) is 18.2 Å². The number of carbonyl (C=O) groups is 3. The van der Waals surface area contributed by atoms with E-state index in [1.54, 1.807) is 36.2 Å². The Kier molecular flexibility index (Phi) is 4.35. The second-order valence-corrected chi connectivity index (χ2v) is 5.75. The highest BCUT2D eigenvalue weighted by Gasteiger charge is 2.23. The minimum absolute atomic E-state index is 0.0235. The van der Waals surface area contributed by atoms with Crippen molar-refractivity contribution in [2.24, 2.45) is 0 Å². The number of para-hydroxylation sites is 1. The number of carboxylic acids is 1. The standard InChI is InChI=1S/C19H16N2O4/c1-21-11-13-8-6-12(10-15(13)18(21)23)7-9-17(22)20-16-5-3-2-4-14(16)19(24)25/h2-10H,11H2,1H3,(H,20,22)(H,24,25). The smallest absolute Gasteiger partial charge is 0.337 e. The molecule has 0 aliphatic carbocycles. The molecule has 0 fully saturated rings. The quantitative estimate of drug-likeness (QED) is 0.840. The number of fused-ring (bicyclic) bond motifs is 1. The van der Waals surface area contributed by atoms with E-state index < -0.39 is 11.9 Å². The van der Waals surface area contributed by atoms with Gasteiger partial charge >= 0.3 is 5.97 Å². The summed E-state index contributed by atoms with van der Waals surface area (Å²) in [5, 5.41) is 11.7. The normalized spacial score (nSPS) is 13.2.